The van der Waals surface area contributed by atoms with Gasteiger partial charge in [0.25, 0.3) is 0 Å². The zero-order valence-corrected chi connectivity index (χ0v) is 21.4. The molecule has 0 amide bonds. The molecular weight excluding hydrogens is 380 g/mol. The Labute approximate surface area is 180 Å². The number of hydrogen-bond donors (Lipinski definition) is 0. The zero-order valence-electron chi connectivity index (χ0n) is 20.4. The highest BCUT2D eigenvalue weighted by atomic mass is 28.4. The van der Waals surface area contributed by atoms with Crippen molar-refractivity contribution in [3.8, 4) is 0 Å². The summed E-state index contributed by atoms with van der Waals surface area (Å²) in [5.41, 5.74) is 1.78. The molecule has 0 unspecified atom stereocenters. The van der Waals surface area contributed by atoms with Crippen LogP contribution in [0.4, 0.5) is 0 Å². The minimum Gasteiger partial charge on any atom is -0.416 e. The third-order valence-electron chi connectivity index (χ3n) is 8.31. The summed E-state index contributed by atoms with van der Waals surface area (Å²) in [7, 11) is 1.60. The largest absolute Gasteiger partial charge is 0.416 e. The van der Waals surface area contributed by atoms with E-state index in [9.17, 15) is 4.79 Å². The Morgan fingerprint density at radius 1 is 1.00 bits per heavy atom. The molecule has 2 rings (SSSR count). The second-order valence-electron chi connectivity index (χ2n) is 10.5. The summed E-state index contributed by atoms with van der Waals surface area (Å²) in [5, 5.41) is 0. The fourth-order valence-electron chi connectivity index (χ4n) is 7.00. The van der Waals surface area contributed by atoms with Crippen LogP contribution < -0.4 is 0 Å². The molecule has 0 saturated heterocycles. The van der Waals surface area contributed by atoms with Gasteiger partial charge in [0, 0.05) is 45.5 Å². The summed E-state index contributed by atoms with van der Waals surface area (Å²) in [6, 6.07) is 0. The standard InChI is InChI=1S/C24H46O4Si/c1-10-20-13-19(15-28-29(16(2)3,17(4)5)18(6)7)14-21-23(20)22(25)11-12-24(21,26-8)27-9/h16-21,23H,10-15H2,1-9H3/t19-,20+,21-,23+/m1/s1. The molecule has 0 aromatic heterocycles. The second kappa shape index (κ2) is 9.93. The fraction of sp³-hybridized carbons (Fsp3) is 0.958. The first kappa shape index (κ1) is 25.0. The third kappa shape index (κ3) is 4.53. The first-order chi connectivity index (χ1) is 13.6. The summed E-state index contributed by atoms with van der Waals surface area (Å²) >= 11 is 0. The van der Waals surface area contributed by atoms with Gasteiger partial charge < -0.3 is 13.9 Å². The van der Waals surface area contributed by atoms with Crippen molar-refractivity contribution in [1.29, 1.82) is 0 Å². The lowest BCUT2D eigenvalue weighted by molar-refractivity contribution is -0.272. The van der Waals surface area contributed by atoms with Crippen molar-refractivity contribution < 1.29 is 18.7 Å². The maximum atomic E-state index is 12.9. The van der Waals surface area contributed by atoms with Gasteiger partial charge in [-0.3, -0.25) is 4.79 Å². The smallest absolute Gasteiger partial charge is 0.200 e. The molecule has 29 heavy (non-hydrogen) atoms. The van der Waals surface area contributed by atoms with Crippen LogP contribution >= 0.6 is 0 Å². The Balaban J connectivity index is 2.26. The Morgan fingerprint density at radius 3 is 2.00 bits per heavy atom. The Morgan fingerprint density at radius 2 is 1.55 bits per heavy atom. The van der Waals surface area contributed by atoms with E-state index in [1.54, 1.807) is 14.2 Å². The van der Waals surface area contributed by atoms with Crippen LogP contribution in [0.3, 0.4) is 0 Å². The van der Waals surface area contributed by atoms with Crippen molar-refractivity contribution >= 4 is 14.1 Å². The highest BCUT2D eigenvalue weighted by Crippen LogP contribution is 2.52. The minimum absolute atomic E-state index is 0.0761. The van der Waals surface area contributed by atoms with E-state index < -0.39 is 14.1 Å². The van der Waals surface area contributed by atoms with Crippen molar-refractivity contribution in [1.82, 2.24) is 0 Å². The van der Waals surface area contributed by atoms with Crippen LogP contribution in [0, 0.1) is 23.7 Å². The maximum absolute atomic E-state index is 12.9. The normalized spacial score (nSPS) is 30.3. The number of methoxy groups -OCH3 is 2. The number of ether oxygens (including phenoxy) is 2. The molecule has 0 radical (unpaired) electrons. The average Bonchev–Trinajstić information content (AvgIpc) is 2.67. The molecule has 0 heterocycles. The molecule has 4 nitrogen and oxygen atoms in total. The Kier molecular flexibility index (Phi) is 8.57. The van der Waals surface area contributed by atoms with Gasteiger partial charge >= 0.3 is 0 Å². The molecule has 0 bridgehead atoms. The Hall–Kier alpha value is -0.233. The molecule has 4 atom stereocenters. The van der Waals surface area contributed by atoms with Crippen LogP contribution in [0.15, 0.2) is 0 Å². The van der Waals surface area contributed by atoms with Gasteiger partial charge in [-0.25, -0.2) is 0 Å². The molecule has 5 heteroatoms. The number of Topliss-reactive ketones (excluding diaryl/α,β-unsaturated/α-hetero) is 1. The summed E-state index contributed by atoms with van der Waals surface area (Å²) in [5.74, 6) is 0.897. The van der Waals surface area contributed by atoms with E-state index in [0.717, 1.165) is 25.9 Å². The molecule has 0 aromatic rings. The lowest BCUT2D eigenvalue weighted by atomic mass is 9.59. The number of carbonyl (C=O) groups is 1. The molecule has 2 aliphatic carbocycles. The van der Waals surface area contributed by atoms with Crippen molar-refractivity contribution in [3.05, 3.63) is 0 Å². The van der Waals surface area contributed by atoms with E-state index in [2.05, 4.69) is 48.5 Å². The number of fused-ring (bicyclic) bond motifs is 1. The van der Waals surface area contributed by atoms with E-state index >= 15 is 0 Å². The molecule has 2 aliphatic rings. The number of carbonyl (C=O) groups excluding carboxylic acids is 1. The van der Waals surface area contributed by atoms with E-state index in [-0.39, 0.29) is 11.8 Å². The molecule has 0 N–H and O–H groups in total. The number of ketones is 1. The lowest BCUT2D eigenvalue weighted by Crippen LogP contribution is -2.56. The van der Waals surface area contributed by atoms with Gasteiger partial charge in [0.05, 0.1) is 0 Å². The lowest BCUT2D eigenvalue weighted by Gasteiger charge is -2.52. The van der Waals surface area contributed by atoms with Crippen LogP contribution in [0.2, 0.25) is 16.6 Å². The molecular formula is C24H46O4Si. The van der Waals surface area contributed by atoms with Gasteiger partial charge in [0.2, 0.25) is 0 Å². The molecule has 2 fully saturated rings. The molecule has 0 aromatic carbocycles. The van der Waals surface area contributed by atoms with Gasteiger partial charge in [0.1, 0.15) is 5.78 Å². The van der Waals surface area contributed by atoms with Crippen LogP contribution in [0.25, 0.3) is 0 Å². The predicted molar refractivity (Wildman–Crippen MR) is 121 cm³/mol. The summed E-state index contributed by atoms with van der Waals surface area (Å²) in [6.45, 7) is 17.1. The van der Waals surface area contributed by atoms with Crippen LogP contribution in [-0.2, 0) is 18.7 Å². The quantitative estimate of drug-likeness (QED) is 0.325. The zero-order chi connectivity index (χ0) is 22.0. The van der Waals surface area contributed by atoms with Gasteiger partial charge in [-0.15, -0.1) is 0 Å². The van der Waals surface area contributed by atoms with Crippen LogP contribution in [0.5, 0.6) is 0 Å². The van der Waals surface area contributed by atoms with E-state index in [1.807, 2.05) is 0 Å². The second-order valence-corrected chi connectivity index (χ2v) is 15.9. The van der Waals surface area contributed by atoms with Crippen molar-refractivity contribution in [2.45, 2.75) is 103 Å². The topological polar surface area (TPSA) is 44.8 Å². The number of rotatable bonds is 9. The first-order valence-corrected chi connectivity index (χ1v) is 14.0. The fourth-order valence-corrected chi connectivity index (χ4v) is 12.5. The van der Waals surface area contributed by atoms with Gasteiger partial charge in [0.15, 0.2) is 14.1 Å². The van der Waals surface area contributed by atoms with E-state index in [0.29, 0.717) is 47.1 Å². The minimum atomic E-state index is -1.88. The highest BCUT2D eigenvalue weighted by Gasteiger charge is 2.55. The monoisotopic (exact) mass is 426 g/mol. The van der Waals surface area contributed by atoms with E-state index in [4.69, 9.17) is 13.9 Å². The average molecular weight is 427 g/mol. The molecule has 2 saturated carbocycles. The molecule has 0 spiro atoms. The van der Waals surface area contributed by atoms with Gasteiger partial charge in [-0.2, -0.15) is 0 Å². The van der Waals surface area contributed by atoms with Gasteiger partial charge in [-0.05, 0) is 41.3 Å². The van der Waals surface area contributed by atoms with Crippen molar-refractivity contribution in [3.63, 3.8) is 0 Å². The SMILES string of the molecule is CC[C@H]1C[C@@H](CO[Si](C(C)C)(C(C)C)C(C)C)C[C@@H]2[C@H]1C(=O)CCC2(OC)OC. The summed E-state index contributed by atoms with van der Waals surface area (Å²) < 4.78 is 18.8. The summed E-state index contributed by atoms with van der Waals surface area (Å²) in [4.78, 5) is 12.9. The van der Waals surface area contributed by atoms with Crippen molar-refractivity contribution in [2.24, 2.45) is 23.7 Å². The predicted octanol–water partition coefficient (Wildman–Crippen LogP) is 6.20. The van der Waals surface area contributed by atoms with Gasteiger partial charge in [-0.1, -0.05) is 54.9 Å². The highest BCUT2D eigenvalue weighted by molar-refractivity contribution is 6.77. The molecule has 170 valence electrons. The summed E-state index contributed by atoms with van der Waals surface area (Å²) in [6.07, 6.45) is 4.34. The number of hydrogen-bond acceptors (Lipinski definition) is 4. The van der Waals surface area contributed by atoms with Crippen LogP contribution in [-0.4, -0.2) is 40.7 Å². The third-order valence-corrected chi connectivity index (χ3v) is 14.4. The first-order valence-electron chi connectivity index (χ1n) is 11.9. The Bertz CT molecular complexity index is 519. The maximum Gasteiger partial charge on any atom is 0.200 e. The molecule has 0 aliphatic heterocycles. The van der Waals surface area contributed by atoms with Crippen LogP contribution in [0.1, 0.15) is 80.6 Å². The van der Waals surface area contributed by atoms with Crippen molar-refractivity contribution in [2.75, 3.05) is 20.8 Å². The van der Waals surface area contributed by atoms with E-state index in [1.165, 1.54) is 0 Å².